The van der Waals surface area contributed by atoms with E-state index in [9.17, 15) is 0 Å². The fraction of sp³-hybridized carbons (Fsp3) is 0.478. The van der Waals surface area contributed by atoms with E-state index in [1.165, 1.54) is 12.0 Å². The number of nitrogens with zero attached hydrogens (tertiary/aromatic N) is 1. The van der Waals surface area contributed by atoms with Gasteiger partial charge in [-0.3, -0.25) is 4.90 Å². The van der Waals surface area contributed by atoms with Crippen LogP contribution in [0.4, 0.5) is 0 Å². The maximum atomic E-state index is 6.07. The molecule has 0 radical (unpaired) electrons. The maximum absolute atomic E-state index is 6.07. The van der Waals surface area contributed by atoms with Crippen LogP contribution in [0, 0.1) is 0 Å². The van der Waals surface area contributed by atoms with Gasteiger partial charge in [0.05, 0.1) is 6.61 Å². The molecule has 0 bridgehead atoms. The van der Waals surface area contributed by atoms with Gasteiger partial charge < -0.3 is 14.8 Å². The molecule has 29 heavy (non-hydrogen) atoms. The first kappa shape index (κ1) is 25.6. The zero-order valence-electron chi connectivity index (χ0n) is 17.4. The van der Waals surface area contributed by atoms with Crippen molar-refractivity contribution in [1.82, 2.24) is 10.2 Å². The molecule has 2 aromatic carbocycles. The summed E-state index contributed by atoms with van der Waals surface area (Å²) in [6.07, 6.45) is 2.33. The van der Waals surface area contributed by atoms with Gasteiger partial charge in [-0.05, 0) is 36.6 Å². The van der Waals surface area contributed by atoms with Gasteiger partial charge in [0.1, 0.15) is 6.61 Å². The lowest BCUT2D eigenvalue weighted by Crippen LogP contribution is -2.45. The molecule has 1 aliphatic heterocycles. The summed E-state index contributed by atoms with van der Waals surface area (Å²) < 4.78 is 12.0. The molecule has 1 N–H and O–H groups in total. The highest BCUT2D eigenvalue weighted by Crippen LogP contribution is 2.35. The lowest BCUT2D eigenvalue weighted by Gasteiger charge is -2.35. The van der Waals surface area contributed by atoms with E-state index >= 15 is 0 Å². The summed E-state index contributed by atoms with van der Waals surface area (Å²) in [5.74, 6) is 1.67. The Morgan fingerprint density at radius 3 is 2.31 bits per heavy atom. The minimum atomic E-state index is 0. The molecular formula is C23H34Cl2N2O2. The van der Waals surface area contributed by atoms with Crippen molar-refractivity contribution in [2.75, 3.05) is 32.8 Å². The average molecular weight is 441 g/mol. The molecule has 1 heterocycles. The predicted octanol–water partition coefficient (Wildman–Crippen LogP) is 5.25. The van der Waals surface area contributed by atoms with E-state index in [1.54, 1.807) is 0 Å². The van der Waals surface area contributed by atoms with Crippen LogP contribution in [0.3, 0.4) is 0 Å². The summed E-state index contributed by atoms with van der Waals surface area (Å²) in [7, 11) is 0. The van der Waals surface area contributed by atoms with Crippen molar-refractivity contribution in [3.05, 3.63) is 59.7 Å². The highest BCUT2D eigenvalue weighted by molar-refractivity contribution is 5.85. The Bertz CT molecular complexity index is 695. The number of piperazine rings is 1. The van der Waals surface area contributed by atoms with Gasteiger partial charge in [-0.15, -0.1) is 24.8 Å². The van der Waals surface area contributed by atoms with Crippen LogP contribution in [-0.4, -0.2) is 37.7 Å². The van der Waals surface area contributed by atoms with Gasteiger partial charge >= 0.3 is 0 Å². The van der Waals surface area contributed by atoms with Crippen LogP contribution < -0.4 is 14.8 Å². The Balaban J connectivity index is 0.00000210. The number of ether oxygens (including phenoxy) is 2. The molecule has 2 aromatic rings. The molecule has 162 valence electrons. The molecule has 1 fully saturated rings. The zero-order valence-corrected chi connectivity index (χ0v) is 19.1. The summed E-state index contributed by atoms with van der Waals surface area (Å²) in [4.78, 5) is 2.59. The topological polar surface area (TPSA) is 33.7 Å². The number of halogens is 2. The van der Waals surface area contributed by atoms with Gasteiger partial charge in [0, 0.05) is 32.2 Å². The van der Waals surface area contributed by atoms with Crippen molar-refractivity contribution in [1.29, 1.82) is 0 Å². The van der Waals surface area contributed by atoms with Crippen LogP contribution in [0.5, 0.6) is 11.5 Å². The van der Waals surface area contributed by atoms with Crippen molar-refractivity contribution in [2.24, 2.45) is 0 Å². The molecule has 0 spiro atoms. The first-order valence-corrected chi connectivity index (χ1v) is 10.2. The second-order valence-electron chi connectivity index (χ2n) is 7.00. The lowest BCUT2D eigenvalue weighted by molar-refractivity contribution is 0.164. The Hall–Kier alpha value is -1.46. The van der Waals surface area contributed by atoms with Gasteiger partial charge in [-0.25, -0.2) is 0 Å². The van der Waals surface area contributed by atoms with E-state index < -0.39 is 0 Å². The van der Waals surface area contributed by atoms with Gasteiger partial charge in [-0.2, -0.15) is 0 Å². The van der Waals surface area contributed by atoms with Crippen LogP contribution in [0.2, 0.25) is 0 Å². The predicted molar refractivity (Wildman–Crippen MR) is 125 cm³/mol. The molecule has 3 rings (SSSR count). The smallest absolute Gasteiger partial charge is 0.161 e. The van der Waals surface area contributed by atoms with Gasteiger partial charge in [-0.1, -0.05) is 49.7 Å². The minimum absolute atomic E-state index is 0. The summed E-state index contributed by atoms with van der Waals surface area (Å²) in [5, 5.41) is 3.45. The Morgan fingerprint density at radius 2 is 1.66 bits per heavy atom. The molecule has 1 aliphatic rings. The van der Waals surface area contributed by atoms with Crippen molar-refractivity contribution >= 4 is 24.8 Å². The first-order valence-electron chi connectivity index (χ1n) is 10.2. The quantitative estimate of drug-likeness (QED) is 0.576. The van der Waals surface area contributed by atoms with Crippen LogP contribution in [0.1, 0.15) is 43.9 Å². The van der Waals surface area contributed by atoms with Gasteiger partial charge in [0.25, 0.3) is 0 Å². The van der Waals surface area contributed by atoms with E-state index in [-0.39, 0.29) is 24.8 Å². The van der Waals surface area contributed by atoms with Crippen molar-refractivity contribution in [2.45, 2.75) is 39.3 Å². The maximum Gasteiger partial charge on any atom is 0.161 e. The Kier molecular flexibility index (Phi) is 12.1. The van der Waals surface area contributed by atoms with Crippen molar-refractivity contribution in [3.8, 4) is 11.5 Å². The average Bonchev–Trinajstić information content (AvgIpc) is 2.73. The third-order valence-corrected chi connectivity index (χ3v) is 5.04. The molecule has 0 saturated carbocycles. The second kappa shape index (κ2) is 13.7. The molecule has 0 unspecified atom stereocenters. The minimum Gasteiger partial charge on any atom is -0.490 e. The van der Waals surface area contributed by atoms with E-state index in [1.807, 2.05) is 25.1 Å². The summed E-state index contributed by atoms with van der Waals surface area (Å²) in [6.45, 7) is 9.80. The number of nitrogens with one attached hydrogen (secondary N) is 1. The molecule has 0 amide bonds. The number of benzene rings is 2. The third-order valence-electron chi connectivity index (χ3n) is 5.04. The molecule has 4 nitrogen and oxygen atoms in total. The molecule has 1 atom stereocenters. The van der Waals surface area contributed by atoms with Crippen LogP contribution >= 0.6 is 24.8 Å². The van der Waals surface area contributed by atoms with E-state index in [0.29, 0.717) is 19.3 Å². The van der Waals surface area contributed by atoms with E-state index in [2.05, 4.69) is 47.5 Å². The number of hydrogen-bond acceptors (Lipinski definition) is 4. The normalized spacial score (nSPS) is 15.0. The van der Waals surface area contributed by atoms with Gasteiger partial charge in [0.15, 0.2) is 11.5 Å². The summed E-state index contributed by atoms with van der Waals surface area (Å²) >= 11 is 0. The van der Waals surface area contributed by atoms with Crippen molar-refractivity contribution in [3.63, 3.8) is 0 Å². The molecule has 0 aliphatic carbocycles. The lowest BCUT2D eigenvalue weighted by atomic mass is 9.99. The molecular weight excluding hydrogens is 407 g/mol. The van der Waals surface area contributed by atoms with Crippen LogP contribution in [0.15, 0.2) is 48.5 Å². The summed E-state index contributed by atoms with van der Waals surface area (Å²) in [5.41, 5.74) is 2.49. The highest BCUT2D eigenvalue weighted by atomic mass is 35.5. The first-order chi connectivity index (χ1) is 13.3. The Labute approximate surface area is 187 Å². The zero-order chi connectivity index (χ0) is 18.9. The number of hydrogen-bond donors (Lipinski definition) is 1. The number of rotatable bonds is 9. The van der Waals surface area contributed by atoms with E-state index in [0.717, 1.165) is 49.7 Å². The molecule has 6 heteroatoms. The monoisotopic (exact) mass is 440 g/mol. The van der Waals surface area contributed by atoms with Crippen LogP contribution in [0.25, 0.3) is 0 Å². The summed E-state index contributed by atoms with van der Waals surface area (Å²) in [6, 6.07) is 17.2. The fourth-order valence-corrected chi connectivity index (χ4v) is 3.68. The van der Waals surface area contributed by atoms with Crippen molar-refractivity contribution < 1.29 is 9.47 Å². The largest absolute Gasteiger partial charge is 0.490 e. The third kappa shape index (κ3) is 7.38. The highest BCUT2D eigenvalue weighted by Gasteiger charge is 2.22. The second-order valence-corrected chi connectivity index (χ2v) is 7.00. The standard InChI is InChI=1S/C23H32N2O2.2ClH/c1-3-8-21(25-15-13-24-14-16-25)20-11-12-22(23(17-20)26-4-2)27-18-19-9-6-5-7-10-19;;/h5-7,9-12,17,21,24H,3-4,8,13-16,18H2,1-2H3;2*1H/t21-;;/m1../s1. The van der Waals surface area contributed by atoms with Crippen LogP contribution in [-0.2, 0) is 6.61 Å². The SMILES string of the molecule is CCC[C@H](c1ccc(OCc2ccccc2)c(OCC)c1)N1CCNCC1.Cl.Cl. The van der Waals surface area contributed by atoms with Gasteiger partial charge in [0.2, 0.25) is 0 Å². The molecule has 0 aromatic heterocycles. The molecule has 1 saturated heterocycles. The van der Waals surface area contributed by atoms with E-state index in [4.69, 9.17) is 9.47 Å². The Morgan fingerprint density at radius 1 is 0.931 bits per heavy atom. The fourth-order valence-electron chi connectivity index (χ4n) is 3.68.